The topological polar surface area (TPSA) is 0 Å². The minimum absolute atomic E-state index is 0.845. The van der Waals surface area contributed by atoms with Crippen LogP contribution in [0, 0.1) is 13.8 Å². The van der Waals surface area contributed by atoms with E-state index in [9.17, 15) is 0 Å². The molecular formula is C25H40. The second-order valence-corrected chi connectivity index (χ2v) is 6.25. The fraction of sp³-hybridized carbons (Fsp3) is 0.520. The van der Waals surface area contributed by atoms with Crippen LogP contribution in [-0.4, -0.2) is 0 Å². The highest BCUT2D eigenvalue weighted by Crippen LogP contribution is 2.31. The summed E-state index contributed by atoms with van der Waals surface area (Å²) >= 11 is 0. The van der Waals surface area contributed by atoms with Crippen LogP contribution in [0.4, 0.5) is 0 Å². The molecule has 0 aromatic heterocycles. The Morgan fingerprint density at radius 1 is 0.560 bits per heavy atom. The van der Waals surface area contributed by atoms with Crippen molar-refractivity contribution in [3.63, 3.8) is 0 Å². The molecule has 1 fully saturated rings. The first-order valence-electron chi connectivity index (χ1n) is 10.3. The maximum absolute atomic E-state index is 2.32. The first-order valence-corrected chi connectivity index (χ1v) is 10.3. The number of benzene rings is 2. The Morgan fingerprint density at radius 2 is 1.00 bits per heavy atom. The molecule has 2 aromatic rings. The van der Waals surface area contributed by atoms with Gasteiger partial charge in [0.05, 0.1) is 0 Å². The Labute approximate surface area is 157 Å². The van der Waals surface area contributed by atoms with Gasteiger partial charge in [0, 0.05) is 0 Å². The third kappa shape index (κ3) is 10.8. The molecule has 0 unspecified atom stereocenters. The molecule has 25 heavy (non-hydrogen) atoms. The molecule has 0 nitrogen and oxygen atoms in total. The smallest absolute Gasteiger partial charge is 0.0162 e. The van der Waals surface area contributed by atoms with Crippen LogP contribution in [0.15, 0.2) is 54.6 Å². The van der Waals surface area contributed by atoms with Gasteiger partial charge in [0.2, 0.25) is 0 Å². The number of aryl methyl sites for hydroxylation is 2. The minimum Gasteiger partial charge on any atom is -0.0683 e. The van der Waals surface area contributed by atoms with E-state index >= 15 is 0 Å². The van der Waals surface area contributed by atoms with E-state index in [1.807, 2.05) is 45.9 Å². The Hall–Kier alpha value is -1.56. The molecule has 0 heteroatoms. The first-order chi connectivity index (χ1) is 12.3. The van der Waals surface area contributed by atoms with Gasteiger partial charge in [-0.3, -0.25) is 0 Å². The van der Waals surface area contributed by atoms with E-state index in [1.54, 1.807) is 5.56 Å². The van der Waals surface area contributed by atoms with Crippen LogP contribution in [0.2, 0.25) is 0 Å². The molecule has 0 spiro atoms. The lowest BCUT2D eigenvalue weighted by atomic mass is 9.91. The van der Waals surface area contributed by atoms with Crippen molar-refractivity contribution in [3.8, 4) is 0 Å². The summed E-state index contributed by atoms with van der Waals surface area (Å²) in [6.07, 6.45) is 8.56. The van der Waals surface area contributed by atoms with Gasteiger partial charge < -0.3 is 0 Å². The standard InChI is InChI=1S/C14H20.C7H8.2C2H6/c1-12-8-10-14(11-9-12)13-6-4-2-3-5-7-13;1-7-5-3-2-4-6-7;2*1-2/h8-11,13H,2-7H2,1H3;2-6H,1H3;2*1-2H3. The molecule has 0 radical (unpaired) electrons. The summed E-state index contributed by atoms with van der Waals surface area (Å²) in [6.45, 7) is 12.2. The van der Waals surface area contributed by atoms with Gasteiger partial charge in [-0.1, -0.05) is 119 Å². The van der Waals surface area contributed by atoms with Crippen molar-refractivity contribution in [2.45, 2.75) is 86.0 Å². The highest BCUT2D eigenvalue weighted by Gasteiger charge is 2.13. The number of hydrogen-bond acceptors (Lipinski definition) is 0. The van der Waals surface area contributed by atoms with Gasteiger partial charge in [-0.2, -0.15) is 0 Å². The third-order valence-corrected chi connectivity index (χ3v) is 4.34. The van der Waals surface area contributed by atoms with Gasteiger partial charge in [-0.05, 0) is 38.2 Å². The molecule has 0 saturated heterocycles. The van der Waals surface area contributed by atoms with Gasteiger partial charge in [0.1, 0.15) is 0 Å². The molecule has 0 heterocycles. The van der Waals surface area contributed by atoms with Gasteiger partial charge in [0.15, 0.2) is 0 Å². The molecule has 1 aliphatic carbocycles. The van der Waals surface area contributed by atoms with E-state index in [0.29, 0.717) is 0 Å². The van der Waals surface area contributed by atoms with Crippen molar-refractivity contribution in [1.82, 2.24) is 0 Å². The van der Waals surface area contributed by atoms with E-state index in [2.05, 4.69) is 50.2 Å². The maximum Gasteiger partial charge on any atom is -0.0162 e. The summed E-state index contributed by atoms with van der Waals surface area (Å²) in [4.78, 5) is 0. The zero-order valence-corrected chi connectivity index (χ0v) is 17.5. The monoisotopic (exact) mass is 340 g/mol. The van der Waals surface area contributed by atoms with E-state index in [4.69, 9.17) is 0 Å². The summed E-state index contributed by atoms with van der Waals surface area (Å²) in [7, 11) is 0. The zero-order valence-electron chi connectivity index (χ0n) is 17.5. The molecule has 0 bridgehead atoms. The summed E-state index contributed by atoms with van der Waals surface area (Å²) in [5.74, 6) is 0.845. The molecule has 0 aliphatic heterocycles. The fourth-order valence-corrected chi connectivity index (χ4v) is 2.99. The quantitative estimate of drug-likeness (QED) is 0.456. The van der Waals surface area contributed by atoms with Gasteiger partial charge in [-0.25, -0.2) is 0 Å². The van der Waals surface area contributed by atoms with Crippen molar-refractivity contribution in [3.05, 3.63) is 71.3 Å². The Morgan fingerprint density at radius 3 is 1.40 bits per heavy atom. The summed E-state index contributed by atoms with van der Waals surface area (Å²) in [5.41, 5.74) is 4.27. The fourth-order valence-electron chi connectivity index (χ4n) is 2.99. The molecule has 0 atom stereocenters. The predicted octanol–water partition coefficient (Wildman–Crippen LogP) is 8.48. The SMILES string of the molecule is CC.CC.Cc1ccc(C2CCCCCC2)cc1.Cc1ccccc1. The normalized spacial score (nSPS) is 13.7. The molecule has 2 aromatic carbocycles. The Bertz CT molecular complexity index is 487. The highest BCUT2D eigenvalue weighted by molar-refractivity contribution is 5.24. The largest absolute Gasteiger partial charge is 0.0683 e. The van der Waals surface area contributed by atoms with Crippen molar-refractivity contribution >= 4 is 0 Å². The molecule has 1 aliphatic rings. The molecule has 0 amide bonds. The van der Waals surface area contributed by atoms with Crippen LogP contribution in [-0.2, 0) is 0 Å². The molecule has 0 N–H and O–H groups in total. The lowest BCUT2D eigenvalue weighted by Gasteiger charge is -2.14. The molecule has 140 valence electrons. The molecule has 1 saturated carbocycles. The molecular weight excluding hydrogens is 300 g/mol. The van der Waals surface area contributed by atoms with E-state index in [-0.39, 0.29) is 0 Å². The van der Waals surface area contributed by atoms with Crippen molar-refractivity contribution in [1.29, 1.82) is 0 Å². The van der Waals surface area contributed by atoms with Crippen LogP contribution >= 0.6 is 0 Å². The van der Waals surface area contributed by atoms with Crippen LogP contribution in [0.1, 0.15) is 88.8 Å². The Balaban J connectivity index is 0.000000441. The highest BCUT2D eigenvalue weighted by atomic mass is 14.2. The summed E-state index contributed by atoms with van der Waals surface area (Å²) in [5, 5.41) is 0. The van der Waals surface area contributed by atoms with E-state index in [1.165, 1.54) is 49.7 Å². The van der Waals surface area contributed by atoms with Crippen molar-refractivity contribution < 1.29 is 0 Å². The van der Waals surface area contributed by atoms with E-state index < -0.39 is 0 Å². The van der Waals surface area contributed by atoms with Crippen molar-refractivity contribution in [2.24, 2.45) is 0 Å². The van der Waals surface area contributed by atoms with E-state index in [0.717, 1.165) is 5.92 Å². The van der Waals surface area contributed by atoms with Crippen LogP contribution < -0.4 is 0 Å². The van der Waals surface area contributed by atoms with Crippen LogP contribution in [0.3, 0.4) is 0 Å². The van der Waals surface area contributed by atoms with Crippen molar-refractivity contribution in [2.75, 3.05) is 0 Å². The average Bonchev–Trinajstić information content (AvgIpc) is 2.96. The average molecular weight is 341 g/mol. The number of rotatable bonds is 1. The van der Waals surface area contributed by atoms with Crippen LogP contribution in [0.5, 0.6) is 0 Å². The lowest BCUT2D eigenvalue weighted by molar-refractivity contribution is 0.592. The maximum atomic E-state index is 2.32. The predicted molar refractivity (Wildman–Crippen MR) is 115 cm³/mol. The van der Waals surface area contributed by atoms with Gasteiger partial charge in [-0.15, -0.1) is 0 Å². The summed E-state index contributed by atoms with van der Waals surface area (Å²) < 4.78 is 0. The Kier molecular flexibility index (Phi) is 14.9. The first kappa shape index (κ1) is 23.4. The second-order valence-electron chi connectivity index (χ2n) is 6.25. The van der Waals surface area contributed by atoms with Gasteiger partial charge >= 0.3 is 0 Å². The second kappa shape index (κ2) is 15.9. The lowest BCUT2D eigenvalue weighted by Crippen LogP contribution is -1.96. The number of hydrogen-bond donors (Lipinski definition) is 0. The third-order valence-electron chi connectivity index (χ3n) is 4.34. The van der Waals surface area contributed by atoms with Crippen LogP contribution in [0.25, 0.3) is 0 Å². The minimum atomic E-state index is 0.845. The zero-order chi connectivity index (χ0) is 18.9. The molecule has 3 rings (SSSR count). The van der Waals surface area contributed by atoms with Gasteiger partial charge in [0.25, 0.3) is 0 Å². The summed E-state index contributed by atoms with van der Waals surface area (Å²) in [6, 6.07) is 19.4.